The van der Waals surface area contributed by atoms with Gasteiger partial charge in [-0.15, -0.1) is 0 Å². The van der Waals surface area contributed by atoms with Crippen molar-refractivity contribution in [2.24, 2.45) is 0 Å². The molecule has 0 aliphatic heterocycles. The van der Waals surface area contributed by atoms with Crippen molar-refractivity contribution < 1.29 is 0 Å². The van der Waals surface area contributed by atoms with Gasteiger partial charge in [-0.2, -0.15) is 0 Å². The van der Waals surface area contributed by atoms with Gasteiger partial charge in [0.05, 0.1) is 0 Å². The normalized spacial score (nSPS) is 10.4. The maximum absolute atomic E-state index is 5.86. The van der Waals surface area contributed by atoms with Gasteiger partial charge >= 0.3 is 0 Å². The quantitative estimate of drug-likeness (QED) is 0.650. The lowest BCUT2D eigenvalue weighted by atomic mass is 9.98. The minimum atomic E-state index is 0.795. The molecule has 0 aliphatic rings. The van der Waals surface area contributed by atoms with Crippen LogP contribution in [0.2, 0.25) is 0 Å². The first-order valence-corrected chi connectivity index (χ1v) is 6.75. The van der Waals surface area contributed by atoms with Crippen LogP contribution in [-0.4, -0.2) is 0 Å². The lowest BCUT2D eigenvalue weighted by Gasteiger charge is -2.07. The number of anilines is 1. The highest BCUT2D eigenvalue weighted by Gasteiger charge is 2.02. The second-order valence-corrected chi connectivity index (χ2v) is 5.08. The zero-order valence-corrected chi connectivity index (χ0v) is 11.5. The van der Waals surface area contributed by atoms with Crippen LogP contribution in [0.25, 0.3) is 22.3 Å². The van der Waals surface area contributed by atoms with E-state index in [2.05, 4.69) is 61.5 Å². The number of hydrogen-bond acceptors (Lipinski definition) is 1. The molecule has 1 heteroatoms. The van der Waals surface area contributed by atoms with E-state index in [1.807, 2.05) is 18.2 Å². The van der Waals surface area contributed by atoms with Crippen LogP contribution in [0.15, 0.2) is 72.8 Å². The van der Waals surface area contributed by atoms with Crippen molar-refractivity contribution in [1.29, 1.82) is 0 Å². The Hall–Kier alpha value is -2.54. The van der Waals surface area contributed by atoms with E-state index in [1.54, 1.807) is 0 Å². The van der Waals surface area contributed by atoms with Gasteiger partial charge in [0, 0.05) is 5.69 Å². The zero-order chi connectivity index (χ0) is 13.9. The smallest absolute Gasteiger partial charge is 0.0320 e. The molecule has 0 bridgehead atoms. The van der Waals surface area contributed by atoms with Gasteiger partial charge in [-0.3, -0.25) is 0 Å². The van der Waals surface area contributed by atoms with Gasteiger partial charge in [0.25, 0.3) is 0 Å². The van der Waals surface area contributed by atoms with Crippen molar-refractivity contribution in [1.82, 2.24) is 0 Å². The summed E-state index contributed by atoms with van der Waals surface area (Å²) in [5.41, 5.74) is 12.8. The molecule has 0 saturated carbocycles. The van der Waals surface area contributed by atoms with Crippen LogP contribution in [0.1, 0.15) is 5.56 Å². The Morgan fingerprint density at radius 2 is 1.10 bits per heavy atom. The Bertz CT molecular complexity index is 683. The molecule has 3 rings (SSSR count). The van der Waals surface area contributed by atoms with Crippen molar-refractivity contribution in [2.45, 2.75) is 6.92 Å². The van der Waals surface area contributed by atoms with Gasteiger partial charge < -0.3 is 5.73 Å². The number of rotatable bonds is 2. The molecule has 0 aliphatic carbocycles. The number of benzene rings is 3. The Kier molecular flexibility index (Phi) is 3.26. The van der Waals surface area contributed by atoms with Gasteiger partial charge in [0.2, 0.25) is 0 Å². The SMILES string of the molecule is Cc1cccc(-c2cccc(-c3cccc(N)c3)c2)c1. The Morgan fingerprint density at radius 1 is 0.600 bits per heavy atom. The molecule has 2 N–H and O–H groups in total. The van der Waals surface area contributed by atoms with Crippen molar-refractivity contribution in [2.75, 3.05) is 5.73 Å². The fourth-order valence-corrected chi connectivity index (χ4v) is 2.42. The molecule has 3 aromatic rings. The van der Waals surface area contributed by atoms with E-state index in [9.17, 15) is 0 Å². The average Bonchev–Trinajstić information content (AvgIpc) is 2.47. The van der Waals surface area contributed by atoms with Crippen LogP contribution >= 0.6 is 0 Å². The maximum Gasteiger partial charge on any atom is 0.0320 e. The van der Waals surface area contributed by atoms with Crippen molar-refractivity contribution in [3.05, 3.63) is 78.4 Å². The molecule has 0 heterocycles. The van der Waals surface area contributed by atoms with Gasteiger partial charge in [-0.1, -0.05) is 60.2 Å². The molecule has 0 aromatic heterocycles. The van der Waals surface area contributed by atoms with Gasteiger partial charge in [-0.05, 0) is 47.4 Å². The van der Waals surface area contributed by atoms with Crippen LogP contribution in [0.5, 0.6) is 0 Å². The predicted octanol–water partition coefficient (Wildman–Crippen LogP) is 4.91. The molecule has 98 valence electrons. The van der Waals surface area contributed by atoms with E-state index in [-0.39, 0.29) is 0 Å². The summed E-state index contributed by atoms with van der Waals surface area (Å²) in [5.74, 6) is 0. The first-order chi connectivity index (χ1) is 9.72. The lowest BCUT2D eigenvalue weighted by molar-refractivity contribution is 1.47. The Balaban J connectivity index is 2.06. The number of aryl methyl sites for hydroxylation is 1. The largest absolute Gasteiger partial charge is 0.399 e. The Morgan fingerprint density at radius 3 is 1.70 bits per heavy atom. The van der Waals surface area contributed by atoms with Crippen molar-refractivity contribution in [3.63, 3.8) is 0 Å². The molecule has 0 saturated heterocycles. The zero-order valence-electron chi connectivity index (χ0n) is 11.5. The van der Waals surface area contributed by atoms with E-state index in [0.717, 1.165) is 11.3 Å². The highest BCUT2D eigenvalue weighted by atomic mass is 14.5. The molecule has 0 atom stereocenters. The number of nitrogens with two attached hydrogens (primary N) is 1. The van der Waals surface area contributed by atoms with Gasteiger partial charge in [0.15, 0.2) is 0 Å². The average molecular weight is 259 g/mol. The predicted molar refractivity (Wildman–Crippen MR) is 86.5 cm³/mol. The molecule has 0 radical (unpaired) electrons. The van der Waals surface area contributed by atoms with Crippen LogP contribution < -0.4 is 5.73 Å². The fraction of sp³-hybridized carbons (Fsp3) is 0.0526. The first kappa shape index (κ1) is 12.5. The molecule has 0 spiro atoms. The van der Waals surface area contributed by atoms with Crippen LogP contribution in [0.3, 0.4) is 0 Å². The molecule has 0 unspecified atom stereocenters. The topological polar surface area (TPSA) is 26.0 Å². The molecule has 3 aromatic carbocycles. The van der Waals surface area contributed by atoms with Crippen LogP contribution in [0, 0.1) is 6.92 Å². The Labute approximate surface area is 119 Å². The minimum absolute atomic E-state index is 0.795. The van der Waals surface area contributed by atoms with E-state index >= 15 is 0 Å². The van der Waals surface area contributed by atoms with Gasteiger partial charge in [0.1, 0.15) is 0 Å². The third kappa shape index (κ3) is 2.57. The van der Waals surface area contributed by atoms with Crippen LogP contribution in [-0.2, 0) is 0 Å². The lowest BCUT2D eigenvalue weighted by Crippen LogP contribution is -1.86. The van der Waals surface area contributed by atoms with E-state index < -0.39 is 0 Å². The summed E-state index contributed by atoms with van der Waals surface area (Å²) in [5, 5.41) is 0. The molecule has 0 amide bonds. The molecular weight excluding hydrogens is 242 g/mol. The first-order valence-electron chi connectivity index (χ1n) is 6.75. The van der Waals surface area contributed by atoms with E-state index in [0.29, 0.717) is 0 Å². The summed E-state index contributed by atoms with van der Waals surface area (Å²) in [6, 6.07) is 25.1. The third-order valence-electron chi connectivity index (χ3n) is 3.43. The summed E-state index contributed by atoms with van der Waals surface area (Å²) in [6.45, 7) is 2.12. The monoisotopic (exact) mass is 259 g/mol. The molecular formula is C19H17N. The van der Waals surface area contributed by atoms with Crippen LogP contribution in [0.4, 0.5) is 5.69 Å². The van der Waals surface area contributed by atoms with E-state index in [1.165, 1.54) is 22.3 Å². The van der Waals surface area contributed by atoms with E-state index in [4.69, 9.17) is 5.73 Å². The second kappa shape index (κ2) is 5.22. The van der Waals surface area contributed by atoms with Gasteiger partial charge in [-0.25, -0.2) is 0 Å². The summed E-state index contributed by atoms with van der Waals surface area (Å²) >= 11 is 0. The van der Waals surface area contributed by atoms with Crippen molar-refractivity contribution >= 4 is 5.69 Å². The molecule has 1 nitrogen and oxygen atoms in total. The summed E-state index contributed by atoms with van der Waals surface area (Å²) in [7, 11) is 0. The summed E-state index contributed by atoms with van der Waals surface area (Å²) < 4.78 is 0. The standard InChI is InChI=1S/C19H17N/c1-14-5-2-6-15(11-14)16-7-3-8-17(12-16)18-9-4-10-19(20)13-18/h2-13H,20H2,1H3. The second-order valence-electron chi connectivity index (χ2n) is 5.08. The third-order valence-corrected chi connectivity index (χ3v) is 3.43. The number of hydrogen-bond donors (Lipinski definition) is 1. The summed E-state index contributed by atoms with van der Waals surface area (Å²) in [6.07, 6.45) is 0. The molecule has 20 heavy (non-hydrogen) atoms. The minimum Gasteiger partial charge on any atom is -0.399 e. The van der Waals surface area contributed by atoms with Crippen molar-refractivity contribution in [3.8, 4) is 22.3 Å². The number of nitrogen functional groups attached to an aromatic ring is 1. The maximum atomic E-state index is 5.86. The summed E-state index contributed by atoms with van der Waals surface area (Å²) in [4.78, 5) is 0. The molecule has 0 fully saturated rings. The highest BCUT2D eigenvalue weighted by Crippen LogP contribution is 2.27. The highest BCUT2D eigenvalue weighted by molar-refractivity contribution is 5.74. The fourth-order valence-electron chi connectivity index (χ4n) is 2.42.